The Morgan fingerprint density at radius 1 is 1.32 bits per heavy atom. The largest absolute Gasteiger partial charge is 0.481 e. The molecule has 0 aliphatic heterocycles. The van der Waals surface area contributed by atoms with Crippen LogP contribution in [0, 0.1) is 12.8 Å². The molecule has 22 heavy (non-hydrogen) atoms. The zero-order valence-corrected chi connectivity index (χ0v) is 12.8. The van der Waals surface area contributed by atoms with Crippen LogP contribution < -0.4 is 5.32 Å². The van der Waals surface area contributed by atoms with Crippen molar-refractivity contribution in [1.29, 1.82) is 0 Å². The molecule has 1 heterocycles. The van der Waals surface area contributed by atoms with Gasteiger partial charge in [0.05, 0.1) is 11.6 Å². The lowest BCUT2D eigenvalue weighted by atomic mass is 10.0. The van der Waals surface area contributed by atoms with Crippen molar-refractivity contribution in [2.75, 3.05) is 5.32 Å². The molecular weight excluding hydrogens is 282 g/mol. The Morgan fingerprint density at radius 3 is 2.45 bits per heavy atom. The lowest BCUT2D eigenvalue weighted by molar-refractivity contribution is -0.141. The first-order chi connectivity index (χ1) is 10.4. The summed E-state index contributed by atoms with van der Waals surface area (Å²) in [5, 5.41) is 15.8. The van der Waals surface area contributed by atoms with Crippen molar-refractivity contribution in [3.8, 4) is 0 Å². The lowest BCUT2D eigenvalue weighted by Gasteiger charge is -2.08. The lowest BCUT2D eigenvalue weighted by Crippen LogP contribution is -2.16. The van der Waals surface area contributed by atoms with Gasteiger partial charge in [0.15, 0.2) is 0 Å². The number of carbonyl (C=O) groups is 2. The van der Waals surface area contributed by atoms with Crippen LogP contribution in [0.25, 0.3) is 0 Å². The van der Waals surface area contributed by atoms with Gasteiger partial charge >= 0.3 is 5.97 Å². The van der Waals surface area contributed by atoms with E-state index < -0.39 is 11.9 Å². The number of carbonyl (C=O) groups excluding carboxylic acids is 1. The Bertz CT molecular complexity index is 689. The van der Waals surface area contributed by atoms with Gasteiger partial charge < -0.3 is 10.4 Å². The zero-order chi connectivity index (χ0) is 16.3. The molecule has 0 aliphatic rings. The number of carboxylic acid groups (broad SMARTS) is 1. The third-order valence-electron chi connectivity index (χ3n) is 3.41. The highest BCUT2D eigenvalue weighted by Crippen LogP contribution is 2.14. The van der Waals surface area contributed by atoms with Crippen molar-refractivity contribution >= 4 is 17.6 Å². The number of benzene rings is 1. The molecule has 0 saturated heterocycles. The summed E-state index contributed by atoms with van der Waals surface area (Å²) < 4.78 is 1.54. The number of hydrogen-bond donors (Lipinski definition) is 2. The second-order valence-electron chi connectivity index (χ2n) is 5.39. The molecule has 0 spiro atoms. The smallest absolute Gasteiger partial charge is 0.306 e. The summed E-state index contributed by atoms with van der Waals surface area (Å²) in [5.41, 5.74) is 2.85. The van der Waals surface area contributed by atoms with Crippen LogP contribution in [0.2, 0.25) is 0 Å². The molecule has 0 bridgehead atoms. The van der Waals surface area contributed by atoms with Gasteiger partial charge in [0, 0.05) is 12.7 Å². The average Bonchev–Trinajstić information content (AvgIpc) is 2.79. The SMILES string of the molecule is Cc1cc(C(=O)Nc2ccc(CC(C)C(=O)O)cc2)n(C)n1. The van der Waals surface area contributed by atoms with E-state index in [2.05, 4.69) is 10.4 Å². The first-order valence-corrected chi connectivity index (χ1v) is 7.00. The number of carboxylic acids is 1. The van der Waals surface area contributed by atoms with Gasteiger partial charge in [0.25, 0.3) is 5.91 Å². The van der Waals surface area contributed by atoms with Gasteiger partial charge in [-0.25, -0.2) is 0 Å². The maximum atomic E-state index is 12.2. The van der Waals surface area contributed by atoms with Crippen molar-refractivity contribution in [3.63, 3.8) is 0 Å². The summed E-state index contributed by atoms with van der Waals surface area (Å²) in [7, 11) is 1.72. The molecule has 2 aromatic rings. The van der Waals surface area contributed by atoms with Crippen LogP contribution in [0.5, 0.6) is 0 Å². The Hall–Kier alpha value is -2.63. The molecule has 1 aromatic carbocycles. The van der Waals surface area contributed by atoms with Gasteiger partial charge in [0.2, 0.25) is 0 Å². The van der Waals surface area contributed by atoms with Crippen LogP contribution >= 0.6 is 0 Å². The van der Waals surface area contributed by atoms with Gasteiger partial charge in [-0.2, -0.15) is 5.10 Å². The molecule has 2 N–H and O–H groups in total. The van der Waals surface area contributed by atoms with Gasteiger partial charge in [-0.15, -0.1) is 0 Å². The summed E-state index contributed by atoms with van der Waals surface area (Å²) in [5.74, 6) is -1.48. The molecule has 6 heteroatoms. The van der Waals surface area contributed by atoms with E-state index in [1.807, 2.05) is 19.1 Å². The fourth-order valence-corrected chi connectivity index (χ4v) is 2.18. The van der Waals surface area contributed by atoms with E-state index in [-0.39, 0.29) is 5.91 Å². The monoisotopic (exact) mass is 301 g/mol. The second kappa shape index (κ2) is 6.43. The van der Waals surface area contributed by atoms with Crippen molar-refractivity contribution in [3.05, 3.63) is 47.3 Å². The minimum Gasteiger partial charge on any atom is -0.481 e. The number of anilines is 1. The van der Waals surface area contributed by atoms with E-state index in [1.165, 1.54) is 4.68 Å². The van der Waals surface area contributed by atoms with Crippen LogP contribution in [-0.4, -0.2) is 26.8 Å². The molecule has 1 aromatic heterocycles. The van der Waals surface area contributed by atoms with E-state index in [1.54, 1.807) is 32.2 Å². The molecule has 2 rings (SSSR count). The maximum Gasteiger partial charge on any atom is 0.306 e. The number of nitrogens with one attached hydrogen (secondary N) is 1. The first-order valence-electron chi connectivity index (χ1n) is 7.00. The zero-order valence-electron chi connectivity index (χ0n) is 12.8. The molecule has 0 radical (unpaired) electrons. The van der Waals surface area contributed by atoms with Crippen LogP contribution in [-0.2, 0) is 18.3 Å². The highest BCUT2D eigenvalue weighted by molar-refractivity contribution is 6.03. The highest BCUT2D eigenvalue weighted by atomic mass is 16.4. The number of hydrogen-bond acceptors (Lipinski definition) is 3. The number of aliphatic carboxylic acids is 1. The number of amides is 1. The molecule has 0 aliphatic carbocycles. The molecule has 0 fully saturated rings. The third kappa shape index (κ3) is 3.72. The molecule has 6 nitrogen and oxygen atoms in total. The summed E-state index contributed by atoms with van der Waals surface area (Å²) in [4.78, 5) is 23.0. The summed E-state index contributed by atoms with van der Waals surface area (Å²) in [6, 6.07) is 8.90. The predicted octanol–water partition coefficient (Wildman–Crippen LogP) is 2.24. The standard InChI is InChI=1S/C16H19N3O3/c1-10(16(21)22)8-12-4-6-13(7-5-12)17-15(20)14-9-11(2)18-19(14)3/h4-7,9-10H,8H2,1-3H3,(H,17,20)(H,21,22). The van der Waals surface area contributed by atoms with E-state index in [4.69, 9.17) is 5.11 Å². The van der Waals surface area contributed by atoms with Crippen LogP contribution in [0.3, 0.4) is 0 Å². The van der Waals surface area contributed by atoms with Crippen molar-refractivity contribution in [2.45, 2.75) is 20.3 Å². The molecular formula is C16H19N3O3. The normalized spacial score (nSPS) is 12.0. The summed E-state index contributed by atoms with van der Waals surface area (Å²) >= 11 is 0. The quantitative estimate of drug-likeness (QED) is 0.887. The van der Waals surface area contributed by atoms with E-state index in [0.29, 0.717) is 17.8 Å². The minimum absolute atomic E-state index is 0.227. The predicted molar refractivity (Wildman–Crippen MR) is 82.8 cm³/mol. The minimum atomic E-state index is -0.816. The molecule has 1 unspecified atom stereocenters. The molecule has 1 amide bonds. The molecule has 116 valence electrons. The van der Waals surface area contributed by atoms with Crippen LogP contribution in [0.15, 0.2) is 30.3 Å². The first kappa shape index (κ1) is 15.8. The van der Waals surface area contributed by atoms with Crippen LogP contribution in [0.4, 0.5) is 5.69 Å². The van der Waals surface area contributed by atoms with Gasteiger partial charge in [0.1, 0.15) is 5.69 Å². The number of nitrogens with zero attached hydrogens (tertiary/aromatic N) is 2. The number of aryl methyl sites for hydroxylation is 2. The fourth-order valence-electron chi connectivity index (χ4n) is 2.18. The molecule has 0 saturated carbocycles. The van der Waals surface area contributed by atoms with Gasteiger partial charge in [-0.1, -0.05) is 19.1 Å². The average molecular weight is 301 g/mol. The van der Waals surface area contributed by atoms with Gasteiger partial charge in [-0.3, -0.25) is 14.3 Å². The summed E-state index contributed by atoms with van der Waals surface area (Å²) in [6.07, 6.45) is 0.463. The van der Waals surface area contributed by atoms with E-state index in [0.717, 1.165) is 11.3 Å². The van der Waals surface area contributed by atoms with Crippen molar-refractivity contribution in [2.24, 2.45) is 13.0 Å². The van der Waals surface area contributed by atoms with Crippen molar-refractivity contribution < 1.29 is 14.7 Å². The second-order valence-corrected chi connectivity index (χ2v) is 5.39. The van der Waals surface area contributed by atoms with Crippen LogP contribution in [0.1, 0.15) is 28.7 Å². The maximum absolute atomic E-state index is 12.2. The van der Waals surface area contributed by atoms with Gasteiger partial charge in [-0.05, 0) is 37.1 Å². The summed E-state index contributed by atoms with van der Waals surface area (Å²) in [6.45, 7) is 3.50. The van der Waals surface area contributed by atoms with E-state index >= 15 is 0 Å². The Balaban J connectivity index is 2.03. The molecule has 1 atom stereocenters. The van der Waals surface area contributed by atoms with E-state index in [9.17, 15) is 9.59 Å². The Labute approximate surface area is 128 Å². The number of aromatic nitrogens is 2. The Kier molecular flexibility index (Phi) is 4.60. The highest BCUT2D eigenvalue weighted by Gasteiger charge is 2.13. The fraction of sp³-hybridized carbons (Fsp3) is 0.312. The Morgan fingerprint density at radius 2 is 1.95 bits per heavy atom. The third-order valence-corrected chi connectivity index (χ3v) is 3.41. The van der Waals surface area contributed by atoms with Crippen molar-refractivity contribution in [1.82, 2.24) is 9.78 Å². The number of rotatable bonds is 5. The topological polar surface area (TPSA) is 84.2 Å².